The van der Waals surface area contributed by atoms with Gasteiger partial charge in [-0.3, -0.25) is 10.1 Å². The number of hydrogen-bond donors (Lipinski definition) is 1. The predicted molar refractivity (Wildman–Crippen MR) is 97.2 cm³/mol. The molecular weight excluding hydrogens is 312 g/mol. The van der Waals surface area contributed by atoms with Crippen LogP contribution in [-0.2, 0) is 4.79 Å². The van der Waals surface area contributed by atoms with E-state index in [0.29, 0.717) is 11.8 Å². The van der Waals surface area contributed by atoms with Crippen molar-refractivity contribution < 1.29 is 4.79 Å². The summed E-state index contributed by atoms with van der Waals surface area (Å²) in [4.78, 5) is 22.4. The lowest BCUT2D eigenvalue weighted by Crippen LogP contribution is -2.44. The first-order chi connectivity index (χ1) is 12.3. The van der Waals surface area contributed by atoms with Crippen molar-refractivity contribution >= 4 is 11.7 Å². The van der Waals surface area contributed by atoms with Crippen LogP contribution in [0.25, 0.3) is 0 Å². The van der Waals surface area contributed by atoms with Crippen LogP contribution in [0.4, 0.5) is 5.82 Å². The van der Waals surface area contributed by atoms with E-state index in [-0.39, 0.29) is 11.7 Å². The van der Waals surface area contributed by atoms with E-state index in [1.807, 2.05) is 6.20 Å². The topological polar surface area (TPSA) is 48.5 Å². The van der Waals surface area contributed by atoms with Gasteiger partial charge in [0.1, 0.15) is 12.0 Å². The number of amides is 1. The highest BCUT2D eigenvalue weighted by Crippen LogP contribution is 2.43. The summed E-state index contributed by atoms with van der Waals surface area (Å²) in [6.45, 7) is 3.14. The van der Waals surface area contributed by atoms with Gasteiger partial charge in [0, 0.05) is 31.4 Å². The summed E-state index contributed by atoms with van der Waals surface area (Å²) in [5.74, 6) is 2.13. The Labute approximate surface area is 149 Å². The van der Waals surface area contributed by atoms with Gasteiger partial charge >= 0.3 is 0 Å². The van der Waals surface area contributed by atoms with Crippen molar-refractivity contribution in [3.05, 3.63) is 23.9 Å². The third-order valence-electron chi connectivity index (χ3n) is 6.52. The summed E-state index contributed by atoms with van der Waals surface area (Å²) in [6.07, 6.45) is 11.4. The Morgan fingerprint density at radius 1 is 1.12 bits per heavy atom. The van der Waals surface area contributed by atoms with Crippen LogP contribution in [0.15, 0.2) is 18.3 Å². The third-order valence-corrected chi connectivity index (χ3v) is 6.52. The molecule has 4 fully saturated rings. The zero-order valence-electron chi connectivity index (χ0n) is 14.9. The summed E-state index contributed by atoms with van der Waals surface area (Å²) < 4.78 is 0. The average Bonchev–Trinajstić information content (AvgIpc) is 3.04. The fourth-order valence-corrected chi connectivity index (χ4v) is 4.85. The van der Waals surface area contributed by atoms with Gasteiger partial charge in [-0.25, -0.2) is 4.98 Å². The van der Waals surface area contributed by atoms with E-state index in [1.54, 1.807) is 0 Å². The van der Waals surface area contributed by atoms with Gasteiger partial charge in [0.05, 0.1) is 5.54 Å². The molecule has 3 heterocycles. The summed E-state index contributed by atoms with van der Waals surface area (Å²) in [5.41, 5.74) is 0.841. The second-order valence-electron chi connectivity index (χ2n) is 8.38. The van der Waals surface area contributed by atoms with E-state index in [2.05, 4.69) is 27.2 Å². The first-order valence-corrected chi connectivity index (χ1v) is 10.0. The summed E-state index contributed by atoms with van der Waals surface area (Å²) in [6, 6.07) is 4.32. The fourth-order valence-electron chi connectivity index (χ4n) is 4.85. The van der Waals surface area contributed by atoms with Gasteiger partial charge in [-0.15, -0.1) is 0 Å². The molecular formula is C20H28N4O. The molecule has 4 aliphatic rings. The Morgan fingerprint density at radius 2 is 1.88 bits per heavy atom. The van der Waals surface area contributed by atoms with Crippen molar-refractivity contribution in [3.63, 3.8) is 0 Å². The van der Waals surface area contributed by atoms with Gasteiger partial charge < -0.3 is 9.80 Å². The molecule has 0 unspecified atom stereocenters. The van der Waals surface area contributed by atoms with Crippen LogP contribution >= 0.6 is 0 Å². The lowest BCUT2D eigenvalue weighted by Gasteiger charge is -2.25. The zero-order valence-corrected chi connectivity index (χ0v) is 14.9. The maximum atomic E-state index is 13.2. The maximum absolute atomic E-state index is 13.2. The number of nitrogens with one attached hydrogen (secondary N) is 1. The number of pyridine rings is 1. The van der Waals surface area contributed by atoms with Crippen LogP contribution in [0.2, 0.25) is 0 Å². The van der Waals surface area contributed by atoms with Gasteiger partial charge in [-0.2, -0.15) is 0 Å². The predicted octanol–water partition coefficient (Wildman–Crippen LogP) is 2.84. The number of carbonyl (C=O) groups is 1. The van der Waals surface area contributed by atoms with Crippen LogP contribution in [0, 0.1) is 5.92 Å². The van der Waals surface area contributed by atoms with Crippen molar-refractivity contribution in [3.8, 4) is 0 Å². The number of carbonyl (C=O) groups excluding carboxylic acids is 1. The molecule has 0 aromatic carbocycles. The van der Waals surface area contributed by atoms with Gasteiger partial charge in [-0.1, -0.05) is 18.9 Å². The SMILES string of the molecule is O=C1N(CC2CC2)[C@H](c2ccc(N3CCCC3)nc2)NC12CCCC2. The van der Waals surface area contributed by atoms with Crippen molar-refractivity contribution in [2.24, 2.45) is 5.92 Å². The minimum atomic E-state index is -0.298. The molecule has 134 valence electrons. The lowest BCUT2D eigenvalue weighted by atomic mass is 9.98. The lowest BCUT2D eigenvalue weighted by molar-refractivity contribution is -0.133. The molecule has 0 radical (unpaired) electrons. The van der Waals surface area contributed by atoms with Gasteiger partial charge in [0.25, 0.3) is 0 Å². The Balaban J connectivity index is 1.40. The zero-order chi connectivity index (χ0) is 16.9. The second-order valence-corrected chi connectivity index (χ2v) is 8.38. The normalized spacial score (nSPS) is 28.5. The van der Waals surface area contributed by atoms with E-state index in [0.717, 1.165) is 56.7 Å². The highest BCUT2D eigenvalue weighted by Gasteiger charge is 2.53. The highest BCUT2D eigenvalue weighted by molar-refractivity contribution is 5.89. The van der Waals surface area contributed by atoms with E-state index >= 15 is 0 Å². The molecule has 1 atom stereocenters. The van der Waals surface area contributed by atoms with Crippen molar-refractivity contribution in [2.45, 2.75) is 63.1 Å². The highest BCUT2D eigenvalue weighted by atomic mass is 16.2. The molecule has 1 aromatic rings. The van der Waals surface area contributed by atoms with E-state index < -0.39 is 0 Å². The van der Waals surface area contributed by atoms with Gasteiger partial charge in [0.15, 0.2) is 0 Å². The minimum absolute atomic E-state index is 0.00586. The standard InChI is InChI=1S/C20H28N4O/c25-19-20(9-1-2-10-20)22-18(24(19)14-15-5-6-15)16-7-8-17(21-13-16)23-11-3-4-12-23/h7-8,13,15,18,22H,1-6,9-12,14H2/t18-/m1/s1. The molecule has 0 bridgehead atoms. The number of aromatic nitrogens is 1. The number of anilines is 1. The first kappa shape index (κ1) is 15.6. The average molecular weight is 340 g/mol. The molecule has 25 heavy (non-hydrogen) atoms. The molecule has 1 aromatic heterocycles. The number of hydrogen-bond acceptors (Lipinski definition) is 4. The fraction of sp³-hybridized carbons (Fsp3) is 0.700. The molecule has 1 amide bonds. The number of rotatable bonds is 4. The largest absolute Gasteiger partial charge is 0.357 e. The molecule has 5 rings (SSSR count). The van der Waals surface area contributed by atoms with Crippen molar-refractivity contribution in [2.75, 3.05) is 24.5 Å². The minimum Gasteiger partial charge on any atom is -0.357 e. The van der Waals surface area contributed by atoms with Crippen molar-refractivity contribution in [1.29, 1.82) is 0 Å². The van der Waals surface area contributed by atoms with Crippen LogP contribution in [0.5, 0.6) is 0 Å². The molecule has 2 saturated heterocycles. The van der Waals surface area contributed by atoms with Crippen LogP contribution in [-0.4, -0.2) is 41.0 Å². The van der Waals surface area contributed by atoms with Crippen molar-refractivity contribution in [1.82, 2.24) is 15.2 Å². The Hall–Kier alpha value is -1.62. The molecule has 5 heteroatoms. The Bertz CT molecular complexity index is 642. The molecule has 2 aliphatic heterocycles. The first-order valence-electron chi connectivity index (χ1n) is 10.0. The second kappa shape index (κ2) is 5.97. The Morgan fingerprint density at radius 3 is 2.52 bits per heavy atom. The summed E-state index contributed by atoms with van der Waals surface area (Å²) in [7, 11) is 0. The van der Waals surface area contributed by atoms with Crippen LogP contribution in [0.3, 0.4) is 0 Å². The van der Waals surface area contributed by atoms with E-state index in [4.69, 9.17) is 4.98 Å². The maximum Gasteiger partial charge on any atom is 0.244 e. The van der Waals surface area contributed by atoms with Crippen LogP contribution < -0.4 is 10.2 Å². The number of nitrogens with zero attached hydrogens (tertiary/aromatic N) is 3. The molecule has 1 spiro atoms. The van der Waals surface area contributed by atoms with E-state index in [9.17, 15) is 4.79 Å². The summed E-state index contributed by atoms with van der Waals surface area (Å²) in [5, 5.41) is 3.73. The molecule has 5 nitrogen and oxygen atoms in total. The van der Waals surface area contributed by atoms with Gasteiger partial charge in [0.2, 0.25) is 5.91 Å². The smallest absolute Gasteiger partial charge is 0.244 e. The monoisotopic (exact) mass is 340 g/mol. The summed E-state index contributed by atoms with van der Waals surface area (Å²) >= 11 is 0. The van der Waals surface area contributed by atoms with Crippen LogP contribution in [0.1, 0.15) is 63.1 Å². The molecule has 1 N–H and O–H groups in total. The quantitative estimate of drug-likeness (QED) is 0.916. The molecule has 2 aliphatic carbocycles. The van der Waals surface area contributed by atoms with Gasteiger partial charge in [-0.05, 0) is 50.5 Å². The molecule has 2 saturated carbocycles. The van der Waals surface area contributed by atoms with E-state index in [1.165, 1.54) is 25.7 Å². The Kier molecular flexibility index (Phi) is 3.73. The third kappa shape index (κ3) is 2.73.